The van der Waals surface area contributed by atoms with Gasteiger partial charge in [0.2, 0.25) is 0 Å². The molecule has 2 aromatic carbocycles. The van der Waals surface area contributed by atoms with E-state index in [1.807, 2.05) is 23.5 Å². The topological polar surface area (TPSA) is 0 Å². The number of thioether (sulfide) groups is 2. The first-order valence-corrected chi connectivity index (χ1v) is 14.2. The van der Waals surface area contributed by atoms with Gasteiger partial charge in [-0.05, 0) is 46.9 Å². The zero-order valence-electron chi connectivity index (χ0n) is 15.0. The van der Waals surface area contributed by atoms with Crippen LogP contribution < -0.4 is 0 Å². The Kier molecular flexibility index (Phi) is 12.5. The van der Waals surface area contributed by atoms with Crippen LogP contribution in [0.1, 0.15) is 21.6 Å². The van der Waals surface area contributed by atoms with Gasteiger partial charge < -0.3 is 0 Å². The molecule has 0 aliphatic carbocycles. The molecule has 0 N–H and O–H groups in total. The van der Waals surface area contributed by atoms with Crippen LogP contribution in [0.4, 0.5) is 0 Å². The summed E-state index contributed by atoms with van der Waals surface area (Å²) in [5.74, 6) is 5.61. The Morgan fingerprint density at radius 1 is 0.593 bits per heavy atom. The molecule has 27 heavy (non-hydrogen) atoms. The molecule has 0 fully saturated rings. The Balaban J connectivity index is 1.98. The van der Waals surface area contributed by atoms with E-state index in [2.05, 4.69) is 99.0 Å². The number of hydrogen-bond donors (Lipinski definition) is 4. The van der Waals surface area contributed by atoms with Gasteiger partial charge in [-0.3, -0.25) is 0 Å². The van der Waals surface area contributed by atoms with Crippen LogP contribution in [0.2, 0.25) is 0 Å². The van der Waals surface area contributed by atoms with Crippen LogP contribution in [0.25, 0.3) is 0 Å². The first kappa shape index (κ1) is 24.2. The van der Waals surface area contributed by atoms with Gasteiger partial charge in [0.05, 0.1) is 0 Å². The lowest BCUT2D eigenvalue weighted by molar-refractivity contribution is 1.11. The first-order chi connectivity index (χ1) is 13.2. The molecule has 2 unspecified atom stereocenters. The second kappa shape index (κ2) is 14.0. The molecular weight excluding hydrogens is 465 g/mol. The predicted molar refractivity (Wildman–Crippen MR) is 143 cm³/mol. The third-order valence-electron chi connectivity index (χ3n) is 3.89. The Hall–Kier alpha value is 0.890. The molecule has 0 radical (unpaired) electrons. The van der Waals surface area contributed by atoms with E-state index in [9.17, 15) is 0 Å². The van der Waals surface area contributed by atoms with E-state index >= 15 is 0 Å². The monoisotopic (exact) mass is 490 g/mol. The highest BCUT2D eigenvalue weighted by Gasteiger charge is 2.11. The van der Waals surface area contributed by atoms with Gasteiger partial charge in [0.25, 0.3) is 0 Å². The maximum Gasteiger partial charge on any atom is 0.0385 e. The average Bonchev–Trinajstić information content (AvgIpc) is 2.71. The van der Waals surface area contributed by atoms with Gasteiger partial charge in [0.1, 0.15) is 0 Å². The van der Waals surface area contributed by atoms with Gasteiger partial charge in [-0.1, -0.05) is 36.0 Å². The number of hydrogen-bond acceptors (Lipinski definition) is 7. The molecule has 0 aromatic heterocycles. The molecule has 2 atom stereocenters. The Morgan fingerprint density at radius 3 is 1.26 bits per heavy atom. The van der Waals surface area contributed by atoms with Gasteiger partial charge in [-0.2, -0.15) is 74.0 Å². The SMILES string of the molecule is SCCSC(CS)c1ccc(Sc2ccc(C(CS)SCCS)cc2)cc1. The molecule has 0 heterocycles. The fourth-order valence-electron chi connectivity index (χ4n) is 2.54. The van der Waals surface area contributed by atoms with E-state index in [4.69, 9.17) is 0 Å². The van der Waals surface area contributed by atoms with Crippen LogP contribution in [-0.2, 0) is 0 Å². The molecule has 7 heteroatoms. The van der Waals surface area contributed by atoms with E-state index in [0.29, 0.717) is 10.5 Å². The summed E-state index contributed by atoms with van der Waals surface area (Å²) < 4.78 is 0. The highest BCUT2D eigenvalue weighted by atomic mass is 32.2. The Bertz CT molecular complexity index is 585. The molecule has 148 valence electrons. The zero-order valence-corrected chi connectivity index (χ0v) is 21.1. The summed E-state index contributed by atoms with van der Waals surface area (Å²) in [5.41, 5.74) is 2.68. The molecule has 0 saturated carbocycles. The van der Waals surface area contributed by atoms with Crippen LogP contribution in [0.3, 0.4) is 0 Å². The lowest BCUT2D eigenvalue weighted by Gasteiger charge is -2.15. The van der Waals surface area contributed by atoms with Crippen LogP contribution in [0.5, 0.6) is 0 Å². The molecule has 2 rings (SSSR count). The molecular formula is C20H26S7. The van der Waals surface area contributed by atoms with Crippen molar-refractivity contribution in [3.8, 4) is 0 Å². The molecule has 0 spiro atoms. The average molecular weight is 491 g/mol. The third kappa shape index (κ3) is 8.27. The molecule has 2 aromatic rings. The summed E-state index contributed by atoms with van der Waals surface area (Å²) in [6.07, 6.45) is 0. The summed E-state index contributed by atoms with van der Waals surface area (Å²) in [4.78, 5) is 2.53. The lowest BCUT2D eigenvalue weighted by atomic mass is 10.2. The minimum absolute atomic E-state index is 0.437. The van der Waals surface area contributed by atoms with Crippen molar-refractivity contribution in [2.45, 2.75) is 20.3 Å². The quantitative estimate of drug-likeness (QED) is 0.234. The van der Waals surface area contributed by atoms with Crippen molar-refractivity contribution in [2.24, 2.45) is 0 Å². The third-order valence-corrected chi connectivity index (χ3v) is 9.75. The molecule has 0 aliphatic heterocycles. The highest BCUT2D eigenvalue weighted by molar-refractivity contribution is 8.01. The second-order valence-electron chi connectivity index (χ2n) is 5.77. The van der Waals surface area contributed by atoms with Crippen molar-refractivity contribution < 1.29 is 0 Å². The van der Waals surface area contributed by atoms with Gasteiger partial charge in [0.15, 0.2) is 0 Å². The predicted octanol–water partition coefficient (Wildman–Crippen LogP) is 7.11. The molecule has 0 saturated heterocycles. The van der Waals surface area contributed by atoms with Crippen LogP contribution in [-0.4, -0.2) is 34.5 Å². The van der Waals surface area contributed by atoms with Crippen LogP contribution in [0.15, 0.2) is 58.3 Å². The van der Waals surface area contributed by atoms with Crippen LogP contribution in [0, 0.1) is 0 Å². The van der Waals surface area contributed by atoms with Gasteiger partial charge in [-0.15, -0.1) is 0 Å². The van der Waals surface area contributed by atoms with E-state index in [1.165, 1.54) is 20.9 Å². The minimum Gasteiger partial charge on any atom is -0.179 e. The van der Waals surface area contributed by atoms with Crippen molar-refractivity contribution in [1.82, 2.24) is 0 Å². The number of thiol groups is 4. The fraction of sp³-hybridized carbons (Fsp3) is 0.400. The molecule has 0 aliphatic rings. The number of benzene rings is 2. The van der Waals surface area contributed by atoms with E-state index in [0.717, 1.165) is 34.5 Å². The van der Waals surface area contributed by atoms with Crippen molar-refractivity contribution in [3.63, 3.8) is 0 Å². The van der Waals surface area contributed by atoms with Gasteiger partial charge in [-0.25, -0.2) is 0 Å². The van der Waals surface area contributed by atoms with Crippen molar-refractivity contribution in [1.29, 1.82) is 0 Å². The van der Waals surface area contributed by atoms with Crippen molar-refractivity contribution in [3.05, 3.63) is 59.7 Å². The minimum atomic E-state index is 0.437. The van der Waals surface area contributed by atoms with E-state index in [1.54, 1.807) is 11.8 Å². The summed E-state index contributed by atoms with van der Waals surface area (Å²) in [6.45, 7) is 0. The smallest absolute Gasteiger partial charge is 0.0385 e. The Labute approximate surface area is 198 Å². The second-order valence-corrected chi connectivity index (χ2v) is 11.2. The van der Waals surface area contributed by atoms with Crippen molar-refractivity contribution in [2.75, 3.05) is 34.5 Å². The van der Waals surface area contributed by atoms with Gasteiger partial charge >= 0.3 is 0 Å². The fourth-order valence-corrected chi connectivity index (χ4v) is 6.73. The number of rotatable bonds is 12. The maximum atomic E-state index is 4.50. The highest BCUT2D eigenvalue weighted by Crippen LogP contribution is 2.35. The summed E-state index contributed by atoms with van der Waals surface area (Å²) >= 11 is 23.3. The normalized spacial score (nSPS) is 13.5. The van der Waals surface area contributed by atoms with Crippen LogP contribution >= 0.6 is 85.8 Å². The Morgan fingerprint density at radius 2 is 0.963 bits per heavy atom. The largest absolute Gasteiger partial charge is 0.179 e. The standard InChI is InChI=1S/C20H26S7/c21-9-11-25-19(13-23)15-1-5-17(6-2-15)27-18-7-3-16(4-8-18)20(14-24)26-12-10-22/h1-8,19-24H,9-14H2. The summed E-state index contributed by atoms with van der Waals surface area (Å²) in [7, 11) is 0. The van der Waals surface area contributed by atoms with Gasteiger partial charge in [0, 0.05) is 43.3 Å². The van der Waals surface area contributed by atoms with E-state index in [-0.39, 0.29) is 0 Å². The van der Waals surface area contributed by atoms with E-state index < -0.39 is 0 Å². The van der Waals surface area contributed by atoms with Crippen molar-refractivity contribution >= 4 is 85.8 Å². The molecule has 0 bridgehead atoms. The zero-order chi connectivity index (χ0) is 19.5. The molecule has 0 amide bonds. The lowest BCUT2D eigenvalue weighted by Crippen LogP contribution is -1.98. The summed E-state index contributed by atoms with van der Waals surface area (Å²) in [6, 6.07) is 17.8. The summed E-state index contributed by atoms with van der Waals surface area (Å²) in [5, 5.41) is 0.874. The maximum absolute atomic E-state index is 4.50. The first-order valence-electron chi connectivity index (χ1n) is 8.76. The molecule has 0 nitrogen and oxygen atoms in total.